The van der Waals surface area contributed by atoms with Crippen molar-refractivity contribution in [3.05, 3.63) is 53.6 Å². The second kappa shape index (κ2) is 5.41. The molecule has 0 aliphatic rings. The highest BCUT2D eigenvalue weighted by molar-refractivity contribution is 6.04. The third-order valence-corrected chi connectivity index (χ3v) is 2.53. The van der Waals surface area contributed by atoms with Crippen LogP contribution in [0.1, 0.15) is 15.9 Å². The van der Waals surface area contributed by atoms with Crippen LogP contribution in [-0.2, 0) is 6.61 Å². The van der Waals surface area contributed by atoms with Crippen LogP contribution in [0.15, 0.2) is 42.5 Å². The lowest BCUT2D eigenvalue weighted by Crippen LogP contribution is -2.11. The van der Waals surface area contributed by atoms with Gasteiger partial charge in [-0.25, -0.2) is 0 Å². The van der Waals surface area contributed by atoms with E-state index in [4.69, 9.17) is 5.11 Å². The number of hydrogen-bond donors (Lipinski definition) is 4. The van der Waals surface area contributed by atoms with Crippen molar-refractivity contribution in [1.82, 2.24) is 0 Å². The summed E-state index contributed by atoms with van der Waals surface area (Å²) in [7, 11) is 0. The molecule has 2 aromatic rings. The summed E-state index contributed by atoms with van der Waals surface area (Å²) in [6.07, 6.45) is 0. The fraction of sp³-hybridized carbons (Fsp3) is 0.0714. The number of benzene rings is 2. The van der Waals surface area contributed by atoms with Gasteiger partial charge in [0.15, 0.2) is 0 Å². The Morgan fingerprint density at radius 2 is 1.74 bits per heavy atom. The van der Waals surface area contributed by atoms with Crippen LogP contribution in [0.2, 0.25) is 0 Å². The number of rotatable bonds is 3. The molecule has 0 spiro atoms. The summed E-state index contributed by atoms with van der Waals surface area (Å²) < 4.78 is 0. The van der Waals surface area contributed by atoms with Gasteiger partial charge < -0.3 is 20.6 Å². The van der Waals surface area contributed by atoms with E-state index in [0.29, 0.717) is 11.3 Å². The predicted molar refractivity (Wildman–Crippen MR) is 70.1 cm³/mol. The Kier molecular flexibility index (Phi) is 3.68. The van der Waals surface area contributed by atoms with E-state index in [-0.39, 0.29) is 23.7 Å². The van der Waals surface area contributed by atoms with Gasteiger partial charge in [-0.15, -0.1) is 0 Å². The molecule has 0 aliphatic heterocycles. The zero-order chi connectivity index (χ0) is 13.8. The molecule has 0 saturated heterocycles. The lowest BCUT2D eigenvalue weighted by Gasteiger charge is -2.07. The normalized spacial score (nSPS) is 10.2. The summed E-state index contributed by atoms with van der Waals surface area (Å²) in [6.45, 7) is -0.114. The third-order valence-electron chi connectivity index (χ3n) is 2.53. The largest absolute Gasteiger partial charge is 0.508 e. The quantitative estimate of drug-likeness (QED) is 0.677. The minimum absolute atomic E-state index is 0.114. The van der Waals surface area contributed by atoms with Gasteiger partial charge in [-0.2, -0.15) is 0 Å². The van der Waals surface area contributed by atoms with Crippen molar-refractivity contribution in [1.29, 1.82) is 0 Å². The van der Waals surface area contributed by atoms with Gasteiger partial charge in [-0.1, -0.05) is 12.1 Å². The Morgan fingerprint density at radius 3 is 2.37 bits per heavy atom. The second-order valence-electron chi connectivity index (χ2n) is 4.05. The fourth-order valence-electron chi connectivity index (χ4n) is 1.68. The molecule has 98 valence electrons. The number of aliphatic hydroxyl groups excluding tert-OH is 1. The molecular weight excluding hydrogens is 246 g/mol. The minimum Gasteiger partial charge on any atom is -0.508 e. The zero-order valence-corrected chi connectivity index (χ0v) is 10.00. The standard InChI is InChI=1S/C14H13NO4/c16-8-9-2-1-3-11(4-9)15-14(19)10-5-12(17)7-13(18)6-10/h1-7,16-18H,8H2,(H,15,19). The maximum Gasteiger partial charge on any atom is 0.255 e. The van der Waals surface area contributed by atoms with Gasteiger partial charge in [0, 0.05) is 17.3 Å². The molecule has 1 amide bonds. The van der Waals surface area contributed by atoms with E-state index in [1.54, 1.807) is 24.3 Å². The van der Waals surface area contributed by atoms with E-state index in [9.17, 15) is 15.0 Å². The van der Waals surface area contributed by atoms with Crippen LogP contribution in [0.5, 0.6) is 11.5 Å². The lowest BCUT2D eigenvalue weighted by atomic mass is 10.1. The number of phenolic OH excluding ortho intramolecular Hbond substituents is 2. The Hall–Kier alpha value is -2.53. The molecule has 2 rings (SSSR count). The number of amides is 1. The zero-order valence-electron chi connectivity index (χ0n) is 10.00. The summed E-state index contributed by atoms with van der Waals surface area (Å²) in [5.74, 6) is -0.829. The Balaban J connectivity index is 2.20. The van der Waals surface area contributed by atoms with Crippen LogP contribution < -0.4 is 5.32 Å². The number of carbonyl (C=O) groups excluding carboxylic acids is 1. The van der Waals surface area contributed by atoms with Crippen molar-refractivity contribution >= 4 is 11.6 Å². The highest BCUT2D eigenvalue weighted by Crippen LogP contribution is 2.21. The van der Waals surface area contributed by atoms with Crippen molar-refractivity contribution in [3.63, 3.8) is 0 Å². The number of aliphatic hydroxyl groups is 1. The maximum atomic E-state index is 11.9. The SMILES string of the molecule is O=C(Nc1cccc(CO)c1)c1cc(O)cc(O)c1. The van der Waals surface area contributed by atoms with Crippen LogP contribution in [0.3, 0.4) is 0 Å². The molecule has 4 N–H and O–H groups in total. The topological polar surface area (TPSA) is 89.8 Å². The fourth-order valence-corrected chi connectivity index (χ4v) is 1.68. The van der Waals surface area contributed by atoms with Gasteiger partial charge in [-0.3, -0.25) is 4.79 Å². The number of carbonyl (C=O) groups is 1. The van der Waals surface area contributed by atoms with Gasteiger partial charge in [0.1, 0.15) is 11.5 Å². The summed E-state index contributed by atoms with van der Waals surface area (Å²) in [6, 6.07) is 10.4. The van der Waals surface area contributed by atoms with E-state index in [0.717, 1.165) is 6.07 Å². The van der Waals surface area contributed by atoms with Crippen molar-refractivity contribution in [2.45, 2.75) is 6.61 Å². The van der Waals surface area contributed by atoms with Crippen LogP contribution in [-0.4, -0.2) is 21.2 Å². The van der Waals surface area contributed by atoms with Crippen molar-refractivity contribution in [2.24, 2.45) is 0 Å². The molecule has 5 nitrogen and oxygen atoms in total. The van der Waals surface area contributed by atoms with Crippen molar-refractivity contribution in [3.8, 4) is 11.5 Å². The first-order valence-electron chi connectivity index (χ1n) is 5.62. The van der Waals surface area contributed by atoms with Gasteiger partial charge in [-0.05, 0) is 29.8 Å². The molecule has 0 atom stereocenters. The van der Waals surface area contributed by atoms with Crippen LogP contribution in [0.25, 0.3) is 0 Å². The molecule has 19 heavy (non-hydrogen) atoms. The number of aromatic hydroxyl groups is 2. The Morgan fingerprint density at radius 1 is 1.05 bits per heavy atom. The molecule has 0 unspecified atom stereocenters. The first-order chi connectivity index (χ1) is 9.08. The monoisotopic (exact) mass is 259 g/mol. The van der Waals surface area contributed by atoms with Crippen LogP contribution in [0, 0.1) is 0 Å². The lowest BCUT2D eigenvalue weighted by molar-refractivity contribution is 0.102. The number of phenols is 2. The molecule has 2 aromatic carbocycles. The Labute approximate surface area is 109 Å². The van der Waals surface area contributed by atoms with E-state index in [2.05, 4.69) is 5.32 Å². The minimum atomic E-state index is -0.457. The molecular formula is C14H13NO4. The maximum absolute atomic E-state index is 11.9. The van der Waals surface area contributed by atoms with Gasteiger partial charge in [0.25, 0.3) is 5.91 Å². The molecule has 0 saturated carbocycles. The summed E-state index contributed by atoms with van der Waals surface area (Å²) >= 11 is 0. The van der Waals surface area contributed by atoms with E-state index < -0.39 is 5.91 Å². The Bertz CT molecular complexity index is 590. The number of nitrogens with one attached hydrogen (secondary N) is 1. The second-order valence-corrected chi connectivity index (χ2v) is 4.05. The molecule has 0 aromatic heterocycles. The molecule has 0 bridgehead atoms. The predicted octanol–water partition coefficient (Wildman–Crippen LogP) is 1.84. The molecule has 0 radical (unpaired) electrons. The first-order valence-corrected chi connectivity index (χ1v) is 5.62. The smallest absolute Gasteiger partial charge is 0.255 e. The van der Waals surface area contributed by atoms with E-state index in [1.807, 2.05) is 0 Å². The van der Waals surface area contributed by atoms with Gasteiger partial charge >= 0.3 is 0 Å². The van der Waals surface area contributed by atoms with Crippen LogP contribution >= 0.6 is 0 Å². The molecule has 0 fully saturated rings. The molecule has 5 heteroatoms. The summed E-state index contributed by atoms with van der Waals surface area (Å²) in [5, 5.41) is 30.3. The number of anilines is 1. The molecule has 0 aliphatic carbocycles. The average Bonchev–Trinajstić information content (AvgIpc) is 2.37. The van der Waals surface area contributed by atoms with Gasteiger partial charge in [0.05, 0.1) is 6.61 Å². The van der Waals surface area contributed by atoms with Crippen LogP contribution in [0.4, 0.5) is 5.69 Å². The number of hydrogen-bond acceptors (Lipinski definition) is 4. The average molecular weight is 259 g/mol. The third kappa shape index (κ3) is 3.23. The first kappa shape index (κ1) is 12.9. The van der Waals surface area contributed by atoms with Crippen molar-refractivity contribution < 1.29 is 20.1 Å². The van der Waals surface area contributed by atoms with E-state index >= 15 is 0 Å². The highest BCUT2D eigenvalue weighted by Gasteiger charge is 2.09. The van der Waals surface area contributed by atoms with Crippen molar-refractivity contribution in [2.75, 3.05) is 5.32 Å². The molecule has 0 heterocycles. The summed E-state index contributed by atoms with van der Waals surface area (Å²) in [5.41, 5.74) is 1.35. The van der Waals surface area contributed by atoms with Gasteiger partial charge in [0.2, 0.25) is 0 Å². The van der Waals surface area contributed by atoms with E-state index in [1.165, 1.54) is 12.1 Å². The summed E-state index contributed by atoms with van der Waals surface area (Å²) in [4.78, 5) is 11.9. The highest BCUT2D eigenvalue weighted by atomic mass is 16.3.